The molecule has 2 radical (unpaired) electrons. The highest BCUT2D eigenvalue weighted by Gasteiger charge is 2.15. The highest BCUT2D eigenvalue weighted by atomic mass is 16.5. The molecule has 0 unspecified atom stereocenters. The fourth-order valence-corrected chi connectivity index (χ4v) is 1.75. The molecule has 0 aromatic heterocycles. The summed E-state index contributed by atoms with van der Waals surface area (Å²) >= 11 is 0. The monoisotopic (exact) mass is 208 g/mol. The topological polar surface area (TPSA) is 72.2 Å². The Hall–Kier alpha value is -0.995. The minimum Gasteiger partial charge on any atom is -0.490 e. The van der Waals surface area contributed by atoms with E-state index in [0.717, 1.165) is 11.2 Å². The fourth-order valence-electron chi connectivity index (χ4n) is 1.75. The van der Waals surface area contributed by atoms with Gasteiger partial charge in [-0.3, -0.25) is 0 Å². The molecule has 3 nitrogen and oxygen atoms in total. The van der Waals surface area contributed by atoms with Gasteiger partial charge in [-0.2, -0.15) is 0 Å². The van der Waals surface area contributed by atoms with E-state index in [-0.39, 0.29) is 11.0 Å². The van der Waals surface area contributed by atoms with Gasteiger partial charge in [-0.05, 0) is 37.8 Å². The molecular weight excluding hydrogens is 191 g/mol. The highest BCUT2D eigenvalue weighted by molar-refractivity contribution is 6.32. The van der Waals surface area contributed by atoms with Crippen molar-refractivity contribution in [2.75, 3.05) is 0 Å². The molecule has 0 bridgehead atoms. The first-order valence-corrected chi connectivity index (χ1v) is 4.87. The van der Waals surface area contributed by atoms with E-state index in [1.807, 2.05) is 24.3 Å². The van der Waals surface area contributed by atoms with Crippen LogP contribution in [0.3, 0.4) is 0 Å². The summed E-state index contributed by atoms with van der Waals surface area (Å²) in [5, 5.41) is 0. The van der Waals surface area contributed by atoms with Crippen molar-refractivity contribution in [3.63, 3.8) is 0 Å². The van der Waals surface area contributed by atoms with Crippen LogP contribution in [-0.4, -0.2) is 24.9 Å². The molecule has 1 aliphatic rings. The van der Waals surface area contributed by atoms with Gasteiger partial charge >= 0.3 is 0 Å². The van der Waals surface area contributed by atoms with E-state index in [1.165, 1.54) is 25.7 Å². The van der Waals surface area contributed by atoms with Crippen LogP contribution in [0.15, 0.2) is 24.3 Å². The summed E-state index contributed by atoms with van der Waals surface area (Å²) in [7, 11) is 5.58. The normalized spacial score (nSPS) is 15.2. The second-order valence-electron chi connectivity index (χ2n) is 3.59. The lowest BCUT2D eigenvalue weighted by Crippen LogP contribution is -2.11. The van der Waals surface area contributed by atoms with Crippen LogP contribution in [0.25, 0.3) is 0 Å². The maximum atomic E-state index is 5.77. The van der Waals surface area contributed by atoms with Crippen molar-refractivity contribution < 1.29 is 15.7 Å². The Morgan fingerprint density at radius 3 is 2.07 bits per heavy atom. The molecule has 0 heterocycles. The van der Waals surface area contributed by atoms with Crippen LogP contribution in [0.5, 0.6) is 5.75 Å². The first-order valence-electron chi connectivity index (χ1n) is 4.87. The Labute approximate surface area is 91.5 Å². The molecule has 15 heavy (non-hydrogen) atoms. The van der Waals surface area contributed by atoms with E-state index in [1.54, 1.807) is 0 Å². The number of benzene rings is 1. The maximum absolute atomic E-state index is 5.77. The van der Waals surface area contributed by atoms with Crippen molar-refractivity contribution in [2.24, 2.45) is 0 Å². The van der Waals surface area contributed by atoms with Crippen molar-refractivity contribution in [1.29, 1.82) is 0 Å². The average molecular weight is 208 g/mol. The molecule has 0 amide bonds. The molecule has 4 N–H and O–H groups in total. The molecule has 1 aromatic rings. The quantitative estimate of drug-likeness (QED) is 0.637. The number of rotatable bonds is 2. The van der Waals surface area contributed by atoms with Crippen LogP contribution in [0.2, 0.25) is 0 Å². The number of hydrogen-bond donors (Lipinski definition) is 0. The zero-order valence-corrected chi connectivity index (χ0v) is 8.70. The van der Waals surface area contributed by atoms with Gasteiger partial charge in [-0.25, -0.2) is 0 Å². The van der Waals surface area contributed by atoms with Crippen LogP contribution in [0.4, 0.5) is 0 Å². The summed E-state index contributed by atoms with van der Waals surface area (Å²) in [6.07, 6.45) is 5.44. The molecule has 2 rings (SSSR count). The Balaban J connectivity index is 0.000000980. The highest BCUT2D eigenvalue weighted by Crippen LogP contribution is 2.23. The van der Waals surface area contributed by atoms with Gasteiger partial charge in [0.1, 0.15) is 13.6 Å². The Morgan fingerprint density at radius 1 is 1.00 bits per heavy atom. The molecular formula is C11H17BO3. The Kier molecular flexibility index (Phi) is 6.05. The summed E-state index contributed by atoms with van der Waals surface area (Å²) in [6, 6.07) is 7.63. The SMILES string of the molecule is O.O.[B]c1ccc(OC2CCCC2)cc1. The van der Waals surface area contributed by atoms with Gasteiger partial charge in [0.15, 0.2) is 0 Å². The standard InChI is InChI=1S/C11H13BO.2H2O/c12-9-5-7-11(8-6-9)13-10-3-1-2-4-10;;/h5-8,10H,1-4H2;2*1H2. The van der Waals surface area contributed by atoms with Crippen molar-refractivity contribution >= 4 is 13.3 Å². The van der Waals surface area contributed by atoms with Crippen LogP contribution in [0.1, 0.15) is 25.7 Å². The summed E-state index contributed by atoms with van der Waals surface area (Å²) in [4.78, 5) is 0. The van der Waals surface area contributed by atoms with E-state index in [2.05, 4.69) is 0 Å². The molecule has 0 aliphatic heterocycles. The second-order valence-corrected chi connectivity index (χ2v) is 3.59. The minimum atomic E-state index is 0. The molecule has 1 aromatic carbocycles. The smallest absolute Gasteiger partial charge is 0.119 e. The molecule has 1 fully saturated rings. The van der Waals surface area contributed by atoms with Crippen molar-refractivity contribution in [3.8, 4) is 5.75 Å². The van der Waals surface area contributed by atoms with Crippen LogP contribution in [0, 0.1) is 0 Å². The van der Waals surface area contributed by atoms with Crippen LogP contribution in [-0.2, 0) is 0 Å². The summed E-state index contributed by atoms with van der Waals surface area (Å²) in [5.41, 5.74) is 0.791. The van der Waals surface area contributed by atoms with Crippen LogP contribution >= 0.6 is 0 Å². The van der Waals surface area contributed by atoms with Gasteiger partial charge in [0.05, 0.1) is 6.10 Å². The van der Waals surface area contributed by atoms with E-state index in [9.17, 15) is 0 Å². The zero-order chi connectivity index (χ0) is 9.10. The lowest BCUT2D eigenvalue weighted by Gasteiger charge is -2.12. The lowest BCUT2D eigenvalue weighted by molar-refractivity contribution is 0.210. The van der Waals surface area contributed by atoms with Gasteiger partial charge in [0.2, 0.25) is 0 Å². The zero-order valence-electron chi connectivity index (χ0n) is 8.70. The first kappa shape index (κ1) is 14.0. The Morgan fingerprint density at radius 2 is 1.53 bits per heavy atom. The fraction of sp³-hybridized carbons (Fsp3) is 0.455. The van der Waals surface area contributed by atoms with E-state index >= 15 is 0 Å². The lowest BCUT2D eigenvalue weighted by atomic mass is 9.97. The van der Waals surface area contributed by atoms with Crippen molar-refractivity contribution in [2.45, 2.75) is 31.8 Å². The van der Waals surface area contributed by atoms with Gasteiger partial charge in [-0.1, -0.05) is 17.6 Å². The summed E-state index contributed by atoms with van der Waals surface area (Å²) in [5.74, 6) is 0.945. The van der Waals surface area contributed by atoms with E-state index < -0.39 is 0 Å². The third-order valence-electron chi connectivity index (χ3n) is 2.49. The average Bonchev–Trinajstić information content (AvgIpc) is 2.62. The maximum Gasteiger partial charge on any atom is 0.119 e. The van der Waals surface area contributed by atoms with Crippen LogP contribution < -0.4 is 10.2 Å². The Bertz CT molecular complexity index is 268. The van der Waals surface area contributed by atoms with Gasteiger partial charge in [-0.15, -0.1) is 0 Å². The summed E-state index contributed by atoms with van der Waals surface area (Å²) in [6.45, 7) is 0. The van der Waals surface area contributed by atoms with Gasteiger partial charge in [0, 0.05) is 0 Å². The van der Waals surface area contributed by atoms with E-state index in [0.29, 0.717) is 6.10 Å². The molecule has 0 atom stereocenters. The predicted octanol–water partition coefficient (Wildman–Crippen LogP) is 0.152. The molecule has 82 valence electrons. The predicted molar refractivity (Wildman–Crippen MR) is 61.9 cm³/mol. The largest absolute Gasteiger partial charge is 0.490 e. The van der Waals surface area contributed by atoms with Crippen molar-refractivity contribution in [1.82, 2.24) is 0 Å². The number of ether oxygens (including phenoxy) is 1. The second kappa shape index (κ2) is 6.48. The third kappa shape index (κ3) is 3.94. The van der Waals surface area contributed by atoms with Crippen molar-refractivity contribution in [3.05, 3.63) is 24.3 Å². The summed E-state index contributed by atoms with van der Waals surface area (Å²) < 4.78 is 5.77. The first-order chi connectivity index (χ1) is 6.34. The van der Waals surface area contributed by atoms with Gasteiger partial charge < -0.3 is 15.7 Å². The number of hydrogen-bond acceptors (Lipinski definition) is 1. The molecule has 1 aliphatic carbocycles. The molecule has 1 saturated carbocycles. The molecule has 0 spiro atoms. The minimum absolute atomic E-state index is 0. The molecule has 4 heteroatoms. The third-order valence-corrected chi connectivity index (χ3v) is 2.49. The van der Waals surface area contributed by atoms with Gasteiger partial charge in [0.25, 0.3) is 0 Å². The van der Waals surface area contributed by atoms with E-state index in [4.69, 9.17) is 12.6 Å². The molecule has 0 saturated heterocycles.